The van der Waals surface area contributed by atoms with E-state index in [0.29, 0.717) is 6.54 Å². The van der Waals surface area contributed by atoms with E-state index in [1.54, 1.807) is 12.4 Å². The molecule has 5 nitrogen and oxygen atoms in total. The summed E-state index contributed by atoms with van der Waals surface area (Å²) in [7, 11) is 0. The van der Waals surface area contributed by atoms with E-state index >= 15 is 0 Å². The van der Waals surface area contributed by atoms with Gasteiger partial charge in [-0.3, -0.25) is 9.97 Å². The van der Waals surface area contributed by atoms with Crippen molar-refractivity contribution in [2.75, 3.05) is 17.2 Å². The van der Waals surface area contributed by atoms with Crippen molar-refractivity contribution in [3.63, 3.8) is 0 Å². The minimum Gasteiger partial charge on any atom is -0.369 e. The Morgan fingerprint density at radius 3 is 2.50 bits per heavy atom. The maximum atomic E-state index is 4.39. The number of pyridine rings is 1. The normalized spacial score (nSPS) is 10.1. The minimum atomic E-state index is 0.692. The van der Waals surface area contributed by atoms with E-state index < -0.39 is 0 Å². The molecule has 94 valence electrons. The lowest BCUT2D eigenvalue weighted by Gasteiger charge is -2.07. The molecule has 0 atom stereocenters. The van der Waals surface area contributed by atoms with Crippen LogP contribution in [-0.4, -0.2) is 21.5 Å². The van der Waals surface area contributed by atoms with E-state index in [1.807, 2.05) is 26.1 Å². The lowest BCUT2D eigenvalue weighted by molar-refractivity contribution is 1.05. The number of aromatic nitrogens is 3. The third kappa shape index (κ3) is 3.41. The highest BCUT2D eigenvalue weighted by molar-refractivity contribution is 5.41. The molecule has 2 N–H and O–H groups in total. The number of nitrogens with one attached hydrogen (secondary N) is 2. The molecule has 0 aliphatic carbocycles. The van der Waals surface area contributed by atoms with Crippen LogP contribution in [0.4, 0.5) is 11.6 Å². The van der Waals surface area contributed by atoms with Gasteiger partial charge in [0.25, 0.3) is 0 Å². The Morgan fingerprint density at radius 1 is 1.06 bits per heavy atom. The van der Waals surface area contributed by atoms with Gasteiger partial charge in [-0.2, -0.15) is 0 Å². The van der Waals surface area contributed by atoms with Crippen molar-refractivity contribution in [3.05, 3.63) is 42.0 Å². The second-order valence-corrected chi connectivity index (χ2v) is 3.98. The van der Waals surface area contributed by atoms with Crippen LogP contribution in [-0.2, 0) is 6.54 Å². The van der Waals surface area contributed by atoms with Crippen molar-refractivity contribution < 1.29 is 0 Å². The van der Waals surface area contributed by atoms with Gasteiger partial charge >= 0.3 is 0 Å². The van der Waals surface area contributed by atoms with Gasteiger partial charge in [0.05, 0.1) is 12.4 Å². The predicted octanol–water partition coefficient (Wildman–Crippen LogP) is 2.22. The fraction of sp³-hybridized carbons (Fsp3) is 0.308. The van der Waals surface area contributed by atoms with Gasteiger partial charge in [-0.1, -0.05) is 6.07 Å². The van der Waals surface area contributed by atoms with Crippen molar-refractivity contribution in [1.82, 2.24) is 15.0 Å². The number of nitrogens with zero attached hydrogens (tertiary/aromatic N) is 3. The molecular weight excluding hydrogens is 226 g/mol. The highest BCUT2D eigenvalue weighted by Gasteiger charge is 1.98. The molecule has 0 aliphatic heterocycles. The monoisotopic (exact) mass is 243 g/mol. The summed E-state index contributed by atoms with van der Waals surface area (Å²) in [4.78, 5) is 12.8. The number of hydrogen-bond acceptors (Lipinski definition) is 5. The molecule has 0 unspecified atom stereocenters. The van der Waals surface area contributed by atoms with Gasteiger partial charge in [0.1, 0.15) is 11.6 Å². The summed E-state index contributed by atoms with van der Waals surface area (Å²) in [5.41, 5.74) is 2.14. The molecule has 0 amide bonds. The van der Waals surface area contributed by atoms with Crippen molar-refractivity contribution in [3.8, 4) is 0 Å². The van der Waals surface area contributed by atoms with Gasteiger partial charge in [-0.25, -0.2) is 4.98 Å². The standard InChI is InChI=1S/C13H17N5/c1-3-15-12-8-14-9-13(18-12)17-7-11-5-4-10(2)16-6-11/h4-6,8-9H,3,7H2,1-2H3,(H2,15,17,18). The number of anilines is 2. The Bertz CT molecular complexity index is 495. The van der Waals surface area contributed by atoms with Crippen LogP contribution in [0.15, 0.2) is 30.7 Å². The van der Waals surface area contributed by atoms with Gasteiger partial charge in [0, 0.05) is 25.0 Å². The first-order chi connectivity index (χ1) is 8.78. The van der Waals surface area contributed by atoms with Gasteiger partial charge in [0.15, 0.2) is 0 Å². The fourth-order valence-electron chi connectivity index (χ4n) is 1.51. The molecule has 5 heteroatoms. The molecule has 18 heavy (non-hydrogen) atoms. The smallest absolute Gasteiger partial charge is 0.147 e. The first-order valence-corrected chi connectivity index (χ1v) is 5.99. The second kappa shape index (κ2) is 5.95. The van der Waals surface area contributed by atoms with Crippen molar-refractivity contribution in [2.24, 2.45) is 0 Å². The zero-order valence-corrected chi connectivity index (χ0v) is 10.6. The second-order valence-electron chi connectivity index (χ2n) is 3.98. The first kappa shape index (κ1) is 12.3. The lowest BCUT2D eigenvalue weighted by atomic mass is 10.2. The van der Waals surface area contributed by atoms with Crippen LogP contribution in [0.3, 0.4) is 0 Å². The van der Waals surface area contributed by atoms with E-state index in [1.165, 1.54) is 0 Å². The topological polar surface area (TPSA) is 62.7 Å². The number of aryl methyl sites for hydroxylation is 1. The zero-order valence-electron chi connectivity index (χ0n) is 10.6. The highest BCUT2D eigenvalue weighted by atomic mass is 15.1. The Balaban J connectivity index is 1.97. The summed E-state index contributed by atoms with van der Waals surface area (Å²) in [6.45, 7) is 5.53. The summed E-state index contributed by atoms with van der Waals surface area (Å²) in [5, 5.41) is 6.35. The maximum Gasteiger partial charge on any atom is 0.147 e. The van der Waals surface area contributed by atoms with Gasteiger partial charge < -0.3 is 10.6 Å². The van der Waals surface area contributed by atoms with Crippen LogP contribution in [0, 0.1) is 6.92 Å². The van der Waals surface area contributed by atoms with E-state index in [4.69, 9.17) is 0 Å². The summed E-state index contributed by atoms with van der Waals surface area (Å²) in [6, 6.07) is 4.05. The zero-order chi connectivity index (χ0) is 12.8. The van der Waals surface area contributed by atoms with E-state index in [-0.39, 0.29) is 0 Å². The van der Waals surface area contributed by atoms with Crippen LogP contribution < -0.4 is 10.6 Å². The van der Waals surface area contributed by atoms with Gasteiger partial charge in [-0.05, 0) is 25.5 Å². The predicted molar refractivity (Wildman–Crippen MR) is 72.5 cm³/mol. The molecular formula is C13H17N5. The molecule has 0 spiro atoms. The molecule has 2 aromatic rings. The molecule has 0 fully saturated rings. The Labute approximate surface area is 107 Å². The average Bonchev–Trinajstić information content (AvgIpc) is 2.39. The van der Waals surface area contributed by atoms with Crippen LogP contribution in [0.5, 0.6) is 0 Å². The fourth-order valence-corrected chi connectivity index (χ4v) is 1.51. The quantitative estimate of drug-likeness (QED) is 0.843. The summed E-state index contributed by atoms with van der Waals surface area (Å²) in [5.74, 6) is 1.54. The van der Waals surface area contributed by atoms with Crippen LogP contribution in [0.25, 0.3) is 0 Å². The molecule has 0 saturated carbocycles. The lowest BCUT2D eigenvalue weighted by Crippen LogP contribution is -2.05. The van der Waals surface area contributed by atoms with Crippen molar-refractivity contribution >= 4 is 11.6 Å². The molecule has 0 saturated heterocycles. The third-order valence-electron chi connectivity index (χ3n) is 2.44. The van der Waals surface area contributed by atoms with Crippen LogP contribution in [0.1, 0.15) is 18.2 Å². The average molecular weight is 243 g/mol. The molecule has 0 radical (unpaired) electrons. The summed E-state index contributed by atoms with van der Waals surface area (Å²) >= 11 is 0. The van der Waals surface area contributed by atoms with Crippen LogP contribution >= 0.6 is 0 Å². The number of rotatable bonds is 5. The largest absolute Gasteiger partial charge is 0.369 e. The minimum absolute atomic E-state index is 0.692. The van der Waals surface area contributed by atoms with Gasteiger partial charge in [0.2, 0.25) is 0 Å². The van der Waals surface area contributed by atoms with Gasteiger partial charge in [-0.15, -0.1) is 0 Å². The van der Waals surface area contributed by atoms with E-state index in [9.17, 15) is 0 Å². The Hall–Kier alpha value is -2.17. The SMILES string of the molecule is CCNc1cncc(NCc2ccc(C)nc2)n1. The molecule has 2 heterocycles. The van der Waals surface area contributed by atoms with Crippen LogP contribution in [0.2, 0.25) is 0 Å². The molecule has 2 rings (SSSR count). The first-order valence-electron chi connectivity index (χ1n) is 5.99. The van der Waals surface area contributed by atoms with Crippen molar-refractivity contribution in [1.29, 1.82) is 0 Å². The molecule has 0 bridgehead atoms. The molecule has 0 aromatic carbocycles. The van der Waals surface area contributed by atoms with Crippen molar-refractivity contribution in [2.45, 2.75) is 20.4 Å². The maximum absolute atomic E-state index is 4.39. The summed E-state index contributed by atoms with van der Waals surface area (Å²) in [6.07, 6.45) is 5.29. The molecule has 0 aliphatic rings. The third-order valence-corrected chi connectivity index (χ3v) is 2.44. The number of hydrogen-bond donors (Lipinski definition) is 2. The highest BCUT2D eigenvalue weighted by Crippen LogP contribution is 2.08. The summed E-state index contributed by atoms with van der Waals surface area (Å²) < 4.78 is 0. The van der Waals surface area contributed by atoms with E-state index in [0.717, 1.165) is 29.4 Å². The van der Waals surface area contributed by atoms with E-state index in [2.05, 4.69) is 31.7 Å². The Kier molecular flexibility index (Phi) is 4.06. The molecule has 2 aromatic heterocycles. The Morgan fingerprint density at radius 2 is 1.83 bits per heavy atom.